The molecule has 1 N–H and O–H groups in total. The first-order chi connectivity index (χ1) is 10.8. The molecule has 0 saturated carbocycles. The zero-order valence-electron chi connectivity index (χ0n) is 13.1. The molecule has 0 amide bonds. The van der Waals surface area contributed by atoms with Gasteiger partial charge in [-0.2, -0.15) is 0 Å². The number of rotatable bonds is 7. The summed E-state index contributed by atoms with van der Waals surface area (Å²) in [5, 5.41) is 0. The maximum absolute atomic E-state index is 12.2. The van der Waals surface area contributed by atoms with E-state index < -0.39 is 20.0 Å². The molecular weight excluding hydrogens is 340 g/mol. The van der Waals surface area contributed by atoms with Crippen LogP contribution in [0.4, 0.5) is 0 Å². The number of hydrogen-bond acceptors (Lipinski definition) is 5. The smallest absolute Gasteiger partial charge is 0.240 e. The minimum absolute atomic E-state index is 0.0775. The lowest BCUT2D eigenvalue weighted by Gasteiger charge is -2.25. The van der Waals surface area contributed by atoms with E-state index in [9.17, 15) is 16.8 Å². The number of nitrogens with zero attached hydrogens (tertiary/aromatic N) is 1. The number of piperidine rings is 1. The number of methoxy groups -OCH3 is 1. The van der Waals surface area contributed by atoms with Gasteiger partial charge in [0.15, 0.2) is 0 Å². The Bertz CT molecular complexity index is 708. The predicted octanol–water partition coefficient (Wildman–Crippen LogP) is 0.789. The van der Waals surface area contributed by atoms with Crippen molar-refractivity contribution >= 4 is 20.0 Å². The Morgan fingerprint density at radius 3 is 2.22 bits per heavy atom. The molecular formula is C14H22N2O5S2. The van der Waals surface area contributed by atoms with Gasteiger partial charge in [-0.25, -0.2) is 25.9 Å². The van der Waals surface area contributed by atoms with E-state index in [0.717, 1.165) is 19.3 Å². The zero-order valence-corrected chi connectivity index (χ0v) is 14.7. The molecule has 0 aliphatic carbocycles. The first kappa shape index (κ1) is 18.2. The molecule has 1 aromatic rings. The van der Waals surface area contributed by atoms with Gasteiger partial charge < -0.3 is 4.74 Å². The monoisotopic (exact) mass is 362 g/mol. The molecule has 1 aromatic carbocycles. The Balaban J connectivity index is 1.93. The fraction of sp³-hybridized carbons (Fsp3) is 0.571. The molecule has 1 fully saturated rings. The van der Waals surface area contributed by atoms with Gasteiger partial charge in [-0.3, -0.25) is 0 Å². The molecule has 2 rings (SSSR count). The average molecular weight is 362 g/mol. The molecule has 1 heterocycles. The maximum atomic E-state index is 12.2. The van der Waals surface area contributed by atoms with Gasteiger partial charge in [0.25, 0.3) is 0 Å². The van der Waals surface area contributed by atoms with Crippen LogP contribution in [0.2, 0.25) is 0 Å². The Morgan fingerprint density at radius 2 is 1.65 bits per heavy atom. The summed E-state index contributed by atoms with van der Waals surface area (Å²) >= 11 is 0. The van der Waals surface area contributed by atoms with Crippen LogP contribution in [-0.4, -0.2) is 53.6 Å². The van der Waals surface area contributed by atoms with Crippen LogP contribution in [0.25, 0.3) is 0 Å². The van der Waals surface area contributed by atoms with Crippen molar-refractivity contribution in [1.29, 1.82) is 0 Å². The standard InChI is InChI=1S/C14H22N2O5S2/c1-21-13-5-7-14(8-6-13)23(19,20)15-9-12-22(17,18)16-10-3-2-4-11-16/h5-8,15H,2-4,9-12H2,1H3. The van der Waals surface area contributed by atoms with E-state index in [-0.39, 0.29) is 17.2 Å². The third-order valence-electron chi connectivity index (χ3n) is 3.73. The molecule has 0 spiro atoms. The molecule has 0 atom stereocenters. The number of ether oxygens (including phenoxy) is 1. The second kappa shape index (κ2) is 7.61. The van der Waals surface area contributed by atoms with Crippen molar-refractivity contribution in [3.05, 3.63) is 24.3 Å². The van der Waals surface area contributed by atoms with E-state index >= 15 is 0 Å². The van der Waals surface area contributed by atoms with E-state index in [1.54, 1.807) is 12.1 Å². The number of hydrogen-bond donors (Lipinski definition) is 1. The highest BCUT2D eigenvalue weighted by Crippen LogP contribution is 2.16. The van der Waals surface area contributed by atoms with E-state index in [0.29, 0.717) is 18.8 Å². The van der Waals surface area contributed by atoms with Crippen molar-refractivity contribution in [1.82, 2.24) is 9.03 Å². The Hall–Kier alpha value is -1.16. The molecule has 0 bridgehead atoms. The molecule has 1 aliphatic rings. The van der Waals surface area contributed by atoms with E-state index in [2.05, 4.69) is 4.72 Å². The van der Waals surface area contributed by atoms with Crippen LogP contribution >= 0.6 is 0 Å². The summed E-state index contributed by atoms with van der Waals surface area (Å²) in [5.41, 5.74) is 0. The van der Waals surface area contributed by atoms with Crippen LogP contribution in [-0.2, 0) is 20.0 Å². The van der Waals surface area contributed by atoms with E-state index in [1.165, 1.54) is 23.5 Å². The largest absolute Gasteiger partial charge is 0.497 e. The van der Waals surface area contributed by atoms with E-state index in [1.807, 2.05) is 0 Å². The minimum Gasteiger partial charge on any atom is -0.497 e. The maximum Gasteiger partial charge on any atom is 0.240 e. The summed E-state index contributed by atoms with van der Waals surface area (Å²) in [6.45, 7) is 0.897. The van der Waals surface area contributed by atoms with Crippen LogP contribution in [0, 0.1) is 0 Å². The predicted molar refractivity (Wildman–Crippen MR) is 87.4 cm³/mol. The van der Waals surface area contributed by atoms with Gasteiger partial charge >= 0.3 is 0 Å². The van der Waals surface area contributed by atoms with Gasteiger partial charge in [0.05, 0.1) is 17.8 Å². The van der Waals surface area contributed by atoms with Gasteiger partial charge in [0.2, 0.25) is 20.0 Å². The van der Waals surface area contributed by atoms with Crippen molar-refractivity contribution < 1.29 is 21.6 Å². The van der Waals surface area contributed by atoms with Gasteiger partial charge in [-0.15, -0.1) is 0 Å². The van der Waals surface area contributed by atoms with Gasteiger partial charge in [-0.1, -0.05) is 6.42 Å². The highest BCUT2D eigenvalue weighted by atomic mass is 32.2. The Labute approximate surface area is 137 Å². The third kappa shape index (κ3) is 4.90. The lowest BCUT2D eigenvalue weighted by atomic mass is 10.2. The first-order valence-corrected chi connectivity index (χ1v) is 10.6. The quantitative estimate of drug-likeness (QED) is 0.774. The fourth-order valence-electron chi connectivity index (χ4n) is 2.42. The summed E-state index contributed by atoms with van der Waals surface area (Å²) in [6.07, 6.45) is 2.75. The Kier molecular flexibility index (Phi) is 6.01. The lowest BCUT2D eigenvalue weighted by molar-refractivity contribution is 0.346. The number of nitrogens with one attached hydrogen (secondary N) is 1. The van der Waals surface area contributed by atoms with Gasteiger partial charge in [0, 0.05) is 19.6 Å². The van der Waals surface area contributed by atoms with Gasteiger partial charge in [0.1, 0.15) is 5.75 Å². The number of benzene rings is 1. The molecule has 1 aliphatic heterocycles. The molecule has 130 valence electrons. The Morgan fingerprint density at radius 1 is 1.04 bits per heavy atom. The lowest BCUT2D eigenvalue weighted by Crippen LogP contribution is -2.40. The zero-order chi connectivity index (χ0) is 16.9. The van der Waals surface area contributed by atoms with Crippen molar-refractivity contribution in [3.63, 3.8) is 0 Å². The molecule has 0 radical (unpaired) electrons. The van der Waals surface area contributed by atoms with Crippen molar-refractivity contribution in [2.45, 2.75) is 24.2 Å². The second-order valence-electron chi connectivity index (χ2n) is 5.35. The minimum atomic E-state index is -3.73. The van der Waals surface area contributed by atoms with Crippen LogP contribution in [0.5, 0.6) is 5.75 Å². The average Bonchev–Trinajstić information content (AvgIpc) is 2.55. The van der Waals surface area contributed by atoms with Crippen molar-refractivity contribution in [2.75, 3.05) is 32.5 Å². The second-order valence-corrected chi connectivity index (χ2v) is 9.20. The van der Waals surface area contributed by atoms with Crippen LogP contribution < -0.4 is 9.46 Å². The molecule has 0 aromatic heterocycles. The van der Waals surface area contributed by atoms with Crippen LogP contribution in [0.3, 0.4) is 0 Å². The third-order valence-corrected chi connectivity index (χ3v) is 7.08. The molecule has 1 saturated heterocycles. The summed E-state index contributed by atoms with van der Waals surface area (Å²) in [7, 11) is -5.65. The van der Waals surface area contributed by atoms with Crippen molar-refractivity contribution in [3.8, 4) is 5.75 Å². The summed E-state index contributed by atoms with van der Waals surface area (Å²) in [5.74, 6) is 0.319. The number of sulfonamides is 2. The highest BCUT2D eigenvalue weighted by Gasteiger charge is 2.24. The van der Waals surface area contributed by atoms with Gasteiger partial charge in [-0.05, 0) is 37.1 Å². The summed E-state index contributed by atoms with van der Waals surface area (Å²) in [4.78, 5) is 0.0775. The highest BCUT2D eigenvalue weighted by molar-refractivity contribution is 7.90. The molecule has 9 heteroatoms. The molecule has 0 unspecified atom stereocenters. The first-order valence-electron chi connectivity index (χ1n) is 7.47. The van der Waals surface area contributed by atoms with Crippen LogP contribution in [0.1, 0.15) is 19.3 Å². The SMILES string of the molecule is COc1ccc(S(=O)(=O)NCCS(=O)(=O)N2CCCCC2)cc1. The molecule has 7 nitrogen and oxygen atoms in total. The van der Waals surface area contributed by atoms with Crippen LogP contribution in [0.15, 0.2) is 29.2 Å². The fourth-order valence-corrected chi connectivity index (χ4v) is 5.01. The normalized spacial score (nSPS) is 17.1. The van der Waals surface area contributed by atoms with E-state index in [4.69, 9.17) is 4.74 Å². The summed E-state index contributed by atoms with van der Waals surface area (Å²) < 4.78 is 57.4. The van der Waals surface area contributed by atoms with Crippen molar-refractivity contribution in [2.24, 2.45) is 0 Å². The summed E-state index contributed by atoms with van der Waals surface area (Å²) in [6, 6.07) is 5.92. The molecule has 23 heavy (non-hydrogen) atoms. The topological polar surface area (TPSA) is 92.8 Å².